The van der Waals surface area contributed by atoms with E-state index in [1.165, 1.54) is 5.56 Å². The van der Waals surface area contributed by atoms with Crippen LogP contribution in [-0.2, 0) is 29.0 Å². The van der Waals surface area contributed by atoms with Crippen molar-refractivity contribution in [2.45, 2.75) is 25.8 Å². The fraction of sp³-hybridized carbons (Fsp3) is 0.286. The van der Waals surface area contributed by atoms with Crippen LogP contribution >= 0.6 is 0 Å². The van der Waals surface area contributed by atoms with E-state index in [2.05, 4.69) is 16.7 Å². The number of hydrogen-bond donors (Lipinski definition) is 3. The van der Waals surface area contributed by atoms with Crippen LogP contribution in [0.15, 0.2) is 48.5 Å². The standard InChI is InChI=1S/C21H23N3O4/c25-19(23-18-7-3-4-15(12-18)8-9-20(26)27)13-22-21(28)24-11-10-16-5-1-2-6-17(16)14-24/h1-7,12H,8-11,13-14H2,(H,22,28)(H,23,25)(H,26,27). The average Bonchev–Trinajstić information content (AvgIpc) is 2.70. The first-order chi connectivity index (χ1) is 13.5. The van der Waals surface area contributed by atoms with Gasteiger partial charge in [0.25, 0.3) is 0 Å². The maximum absolute atomic E-state index is 12.3. The van der Waals surface area contributed by atoms with E-state index in [-0.39, 0.29) is 24.9 Å². The molecule has 7 nitrogen and oxygen atoms in total. The number of aryl methyl sites for hydroxylation is 1. The van der Waals surface area contributed by atoms with E-state index in [9.17, 15) is 14.4 Å². The van der Waals surface area contributed by atoms with Gasteiger partial charge in [-0.15, -0.1) is 0 Å². The van der Waals surface area contributed by atoms with Crippen LogP contribution in [0.25, 0.3) is 0 Å². The first kappa shape index (κ1) is 19.4. The molecule has 0 atom stereocenters. The van der Waals surface area contributed by atoms with Crippen LogP contribution < -0.4 is 10.6 Å². The molecule has 0 saturated carbocycles. The van der Waals surface area contributed by atoms with Crippen molar-refractivity contribution in [2.75, 3.05) is 18.4 Å². The molecular formula is C21H23N3O4. The van der Waals surface area contributed by atoms with E-state index < -0.39 is 5.97 Å². The zero-order valence-corrected chi connectivity index (χ0v) is 15.5. The first-order valence-electron chi connectivity index (χ1n) is 9.21. The summed E-state index contributed by atoms with van der Waals surface area (Å²) in [5.74, 6) is -1.20. The van der Waals surface area contributed by atoms with Gasteiger partial charge in [-0.2, -0.15) is 0 Å². The molecule has 0 radical (unpaired) electrons. The average molecular weight is 381 g/mol. The largest absolute Gasteiger partial charge is 0.481 e. The topological polar surface area (TPSA) is 98.7 Å². The van der Waals surface area contributed by atoms with Gasteiger partial charge in [0.1, 0.15) is 0 Å². The first-order valence-corrected chi connectivity index (χ1v) is 9.21. The molecule has 0 saturated heterocycles. The summed E-state index contributed by atoms with van der Waals surface area (Å²) in [5.41, 5.74) is 3.80. The molecular weight excluding hydrogens is 358 g/mol. The number of benzene rings is 2. The number of carboxylic acid groups (broad SMARTS) is 1. The number of urea groups is 1. The molecule has 0 unspecified atom stereocenters. The smallest absolute Gasteiger partial charge is 0.318 e. The van der Waals surface area contributed by atoms with E-state index in [0.717, 1.165) is 17.5 Å². The summed E-state index contributed by atoms with van der Waals surface area (Å²) in [5, 5.41) is 14.1. The van der Waals surface area contributed by atoms with Crippen LogP contribution in [0.5, 0.6) is 0 Å². The third-order valence-corrected chi connectivity index (χ3v) is 4.66. The Labute approximate surface area is 163 Å². The maximum Gasteiger partial charge on any atom is 0.318 e. The van der Waals surface area contributed by atoms with Crippen molar-refractivity contribution in [3.63, 3.8) is 0 Å². The third kappa shape index (κ3) is 5.33. The summed E-state index contributed by atoms with van der Waals surface area (Å²) in [6.07, 6.45) is 1.23. The summed E-state index contributed by atoms with van der Waals surface area (Å²) in [6.45, 7) is 1.03. The second-order valence-corrected chi connectivity index (χ2v) is 6.74. The zero-order chi connectivity index (χ0) is 19.9. The van der Waals surface area contributed by atoms with Gasteiger partial charge in [0.15, 0.2) is 0 Å². The highest BCUT2D eigenvalue weighted by Gasteiger charge is 2.20. The van der Waals surface area contributed by atoms with Crippen LogP contribution in [0.1, 0.15) is 23.1 Å². The highest BCUT2D eigenvalue weighted by molar-refractivity contribution is 5.94. The van der Waals surface area contributed by atoms with E-state index in [0.29, 0.717) is 25.2 Å². The lowest BCUT2D eigenvalue weighted by molar-refractivity contribution is -0.137. The zero-order valence-electron chi connectivity index (χ0n) is 15.5. The molecule has 3 rings (SSSR count). The van der Waals surface area contributed by atoms with Gasteiger partial charge in [-0.25, -0.2) is 4.79 Å². The second kappa shape index (κ2) is 9.03. The number of hydrogen-bond acceptors (Lipinski definition) is 3. The Morgan fingerprint density at radius 3 is 2.61 bits per heavy atom. The summed E-state index contributed by atoms with van der Waals surface area (Å²) in [6, 6.07) is 14.8. The summed E-state index contributed by atoms with van der Waals surface area (Å²) < 4.78 is 0. The molecule has 0 aliphatic carbocycles. The lowest BCUT2D eigenvalue weighted by atomic mass is 10.0. The molecule has 3 amide bonds. The van der Waals surface area contributed by atoms with E-state index >= 15 is 0 Å². The Kier molecular flexibility index (Phi) is 6.26. The highest BCUT2D eigenvalue weighted by Crippen LogP contribution is 2.18. The van der Waals surface area contributed by atoms with Gasteiger partial charge in [0.05, 0.1) is 6.54 Å². The minimum absolute atomic E-state index is 0.0341. The minimum atomic E-state index is -0.863. The summed E-state index contributed by atoms with van der Waals surface area (Å²) in [4.78, 5) is 36.8. The van der Waals surface area contributed by atoms with Gasteiger partial charge in [-0.05, 0) is 41.7 Å². The van der Waals surface area contributed by atoms with E-state index in [1.54, 1.807) is 23.1 Å². The van der Waals surface area contributed by atoms with Gasteiger partial charge in [0, 0.05) is 25.2 Å². The van der Waals surface area contributed by atoms with Crippen LogP contribution in [0.2, 0.25) is 0 Å². The van der Waals surface area contributed by atoms with Gasteiger partial charge >= 0.3 is 12.0 Å². The van der Waals surface area contributed by atoms with Crippen molar-refractivity contribution in [3.8, 4) is 0 Å². The number of anilines is 1. The monoisotopic (exact) mass is 381 g/mol. The summed E-state index contributed by atoms with van der Waals surface area (Å²) >= 11 is 0. The molecule has 0 aromatic heterocycles. The Hall–Kier alpha value is -3.35. The number of nitrogens with zero attached hydrogens (tertiary/aromatic N) is 1. The van der Waals surface area contributed by atoms with Gasteiger partial charge < -0.3 is 20.6 Å². The van der Waals surface area contributed by atoms with Crippen molar-refractivity contribution in [2.24, 2.45) is 0 Å². The number of carboxylic acids is 1. The molecule has 0 spiro atoms. The number of carbonyl (C=O) groups is 3. The lowest BCUT2D eigenvalue weighted by Crippen LogP contribution is -2.45. The maximum atomic E-state index is 12.3. The van der Waals surface area contributed by atoms with Gasteiger partial charge in [-0.1, -0.05) is 36.4 Å². The Morgan fingerprint density at radius 1 is 1.04 bits per heavy atom. The van der Waals surface area contributed by atoms with Gasteiger partial charge in [0.2, 0.25) is 5.91 Å². The van der Waals surface area contributed by atoms with Crippen molar-refractivity contribution < 1.29 is 19.5 Å². The number of amides is 3. The molecule has 0 fully saturated rings. The van der Waals surface area contributed by atoms with Crippen LogP contribution in [-0.4, -0.2) is 41.0 Å². The van der Waals surface area contributed by atoms with E-state index in [4.69, 9.17) is 5.11 Å². The fourth-order valence-corrected chi connectivity index (χ4v) is 3.20. The molecule has 7 heteroatoms. The molecule has 0 bridgehead atoms. The molecule has 1 heterocycles. The molecule has 146 valence electrons. The number of aliphatic carboxylic acids is 1. The number of carbonyl (C=O) groups excluding carboxylic acids is 2. The quantitative estimate of drug-likeness (QED) is 0.716. The van der Waals surface area contributed by atoms with Crippen molar-refractivity contribution in [3.05, 3.63) is 65.2 Å². The SMILES string of the molecule is O=C(O)CCc1cccc(NC(=O)CNC(=O)N2CCc3ccccc3C2)c1. The molecule has 2 aromatic carbocycles. The van der Waals surface area contributed by atoms with Crippen molar-refractivity contribution in [1.82, 2.24) is 10.2 Å². The van der Waals surface area contributed by atoms with E-state index in [1.807, 2.05) is 24.3 Å². The van der Waals surface area contributed by atoms with Crippen molar-refractivity contribution in [1.29, 1.82) is 0 Å². The minimum Gasteiger partial charge on any atom is -0.481 e. The van der Waals surface area contributed by atoms with Crippen LogP contribution in [0.3, 0.4) is 0 Å². The number of rotatable bonds is 6. The van der Waals surface area contributed by atoms with Gasteiger partial charge in [-0.3, -0.25) is 9.59 Å². The molecule has 3 N–H and O–H groups in total. The van der Waals surface area contributed by atoms with Crippen molar-refractivity contribution >= 4 is 23.6 Å². The number of fused-ring (bicyclic) bond motifs is 1. The Morgan fingerprint density at radius 2 is 1.82 bits per heavy atom. The normalized spacial score (nSPS) is 12.8. The Balaban J connectivity index is 1.47. The Bertz CT molecular complexity index is 881. The van der Waals surface area contributed by atoms with Crippen LogP contribution in [0, 0.1) is 0 Å². The fourth-order valence-electron chi connectivity index (χ4n) is 3.20. The van der Waals surface area contributed by atoms with Crippen LogP contribution in [0.4, 0.5) is 10.5 Å². The summed E-state index contributed by atoms with van der Waals surface area (Å²) in [7, 11) is 0. The molecule has 1 aliphatic heterocycles. The predicted octanol–water partition coefficient (Wildman–Crippen LogP) is 2.41. The number of nitrogens with one attached hydrogen (secondary N) is 2. The molecule has 2 aromatic rings. The molecule has 1 aliphatic rings. The third-order valence-electron chi connectivity index (χ3n) is 4.66. The lowest BCUT2D eigenvalue weighted by Gasteiger charge is -2.28. The predicted molar refractivity (Wildman–Crippen MR) is 105 cm³/mol. The highest BCUT2D eigenvalue weighted by atomic mass is 16.4. The second-order valence-electron chi connectivity index (χ2n) is 6.74. The molecule has 28 heavy (non-hydrogen) atoms.